The van der Waals surface area contributed by atoms with Crippen LogP contribution in [-0.2, 0) is 6.42 Å². The van der Waals surface area contributed by atoms with E-state index in [1.165, 1.54) is 22.6 Å². The fraction of sp³-hybridized carbons (Fsp3) is 0.389. The number of benzene rings is 1. The second-order valence-corrected chi connectivity index (χ2v) is 7.73. The maximum atomic E-state index is 4.65. The molecule has 1 fully saturated rings. The van der Waals surface area contributed by atoms with Gasteiger partial charge in [0.1, 0.15) is 5.82 Å². The van der Waals surface area contributed by atoms with E-state index in [4.69, 9.17) is 0 Å². The predicted molar refractivity (Wildman–Crippen MR) is 108 cm³/mol. The van der Waals surface area contributed by atoms with E-state index in [-0.39, 0.29) is 0 Å². The highest BCUT2D eigenvalue weighted by Crippen LogP contribution is 2.31. The summed E-state index contributed by atoms with van der Waals surface area (Å²) >= 11 is 5.14. The average Bonchev–Trinajstić information content (AvgIpc) is 2.99. The van der Waals surface area contributed by atoms with Gasteiger partial charge >= 0.3 is 0 Å². The minimum absolute atomic E-state index is 0.897. The first-order valence-electron chi connectivity index (χ1n) is 8.62. The molecule has 0 bridgehead atoms. The van der Waals surface area contributed by atoms with Crippen LogP contribution in [0.25, 0.3) is 10.9 Å². The number of hydrogen-bond donors (Lipinski definition) is 0. The summed E-state index contributed by atoms with van der Waals surface area (Å²) < 4.78 is 5.48. The molecule has 7 heteroatoms. The monoisotopic (exact) mass is 417 g/mol. The Hall–Kier alpha value is -1.73. The molecule has 3 heterocycles. The van der Waals surface area contributed by atoms with E-state index in [9.17, 15) is 0 Å². The van der Waals surface area contributed by atoms with Gasteiger partial charge < -0.3 is 9.80 Å². The maximum Gasteiger partial charge on any atom is 0.205 e. The Kier molecular flexibility index (Phi) is 4.85. The Morgan fingerprint density at radius 3 is 2.80 bits per heavy atom. The van der Waals surface area contributed by atoms with Crippen molar-refractivity contribution in [3.05, 3.63) is 40.8 Å². The van der Waals surface area contributed by atoms with Crippen LogP contribution in [0.3, 0.4) is 0 Å². The third-order valence-electron chi connectivity index (χ3n) is 4.58. The molecule has 0 saturated carbocycles. The van der Waals surface area contributed by atoms with Gasteiger partial charge in [-0.25, -0.2) is 4.98 Å². The Balaban J connectivity index is 1.58. The normalized spacial score (nSPS) is 15.6. The van der Waals surface area contributed by atoms with Crippen molar-refractivity contribution in [1.82, 2.24) is 14.3 Å². The number of halogens is 1. The van der Waals surface area contributed by atoms with Gasteiger partial charge in [0.2, 0.25) is 5.13 Å². The van der Waals surface area contributed by atoms with Gasteiger partial charge in [0.05, 0.1) is 5.52 Å². The smallest absolute Gasteiger partial charge is 0.205 e. The number of nitrogens with zero attached hydrogens (tertiary/aromatic N) is 5. The number of aromatic nitrogens is 3. The van der Waals surface area contributed by atoms with E-state index in [1.54, 1.807) is 0 Å². The quantitative estimate of drug-likeness (QED) is 0.640. The van der Waals surface area contributed by atoms with Gasteiger partial charge in [0.25, 0.3) is 0 Å². The molecule has 0 aliphatic carbocycles. The summed E-state index contributed by atoms with van der Waals surface area (Å²) in [7, 11) is 0. The molecule has 130 valence electrons. The van der Waals surface area contributed by atoms with Crippen LogP contribution in [0.1, 0.15) is 19.2 Å². The molecular weight excluding hydrogens is 398 g/mol. The number of fused-ring (bicyclic) bond motifs is 1. The molecule has 1 aliphatic heterocycles. The minimum atomic E-state index is 0.897. The van der Waals surface area contributed by atoms with Crippen molar-refractivity contribution in [2.24, 2.45) is 0 Å². The SMILES string of the molecule is CCc1nsc(N2CCCN(c3ccnc4c(Br)cccc34)CC2)n1. The molecule has 0 spiro atoms. The number of pyridine rings is 1. The number of rotatable bonds is 3. The third-order valence-corrected chi connectivity index (χ3v) is 6.03. The highest BCUT2D eigenvalue weighted by Gasteiger charge is 2.19. The topological polar surface area (TPSA) is 45.2 Å². The van der Waals surface area contributed by atoms with Gasteiger partial charge in [-0.2, -0.15) is 4.37 Å². The molecule has 3 aromatic rings. The van der Waals surface area contributed by atoms with E-state index in [1.807, 2.05) is 12.3 Å². The molecule has 25 heavy (non-hydrogen) atoms. The number of anilines is 2. The number of hydrogen-bond acceptors (Lipinski definition) is 6. The Morgan fingerprint density at radius 1 is 1.12 bits per heavy atom. The van der Waals surface area contributed by atoms with Crippen molar-refractivity contribution in [1.29, 1.82) is 0 Å². The van der Waals surface area contributed by atoms with Gasteiger partial charge in [0, 0.05) is 65.9 Å². The van der Waals surface area contributed by atoms with Crippen LogP contribution < -0.4 is 9.80 Å². The molecule has 0 amide bonds. The van der Waals surface area contributed by atoms with E-state index in [0.29, 0.717) is 0 Å². The van der Waals surface area contributed by atoms with Crippen LogP contribution >= 0.6 is 27.5 Å². The third kappa shape index (κ3) is 3.35. The Bertz CT molecular complexity index is 881. The molecule has 1 aliphatic rings. The lowest BCUT2D eigenvalue weighted by Crippen LogP contribution is -2.30. The maximum absolute atomic E-state index is 4.65. The first-order valence-corrected chi connectivity index (χ1v) is 10.2. The zero-order valence-electron chi connectivity index (χ0n) is 14.2. The van der Waals surface area contributed by atoms with Crippen LogP contribution in [0.5, 0.6) is 0 Å². The highest BCUT2D eigenvalue weighted by atomic mass is 79.9. The van der Waals surface area contributed by atoms with Crippen LogP contribution in [-0.4, -0.2) is 40.5 Å². The largest absolute Gasteiger partial charge is 0.369 e. The zero-order chi connectivity index (χ0) is 17.2. The molecule has 0 atom stereocenters. The lowest BCUT2D eigenvalue weighted by atomic mass is 10.1. The van der Waals surface area contributed by atoms with Gasteiger partial charge in [-0.15, -0.1) is 0 Å². The summed E-state index contributed by atoms with van der Waals surface area (Å²) in [5.41, 5.74) is 2.29. The Morgan fingerprint density at radius 2 is 1.96 bits per heavy atom. The lowest BCUT2D eigenvalue weighted by Gasteiger charge is -2.24. The molecule has 1 saturated heterocycles. The van der Waals surface area contributed by atoms with Crippen molar-refractivity contribution in [2.45, 2.75) is 19.8 Å². The van der Waals surface area contributed by atoms with Crippen LogP contribution in [0.15, 0.2) is 34.9 Å². The standard InChI is InChI=1S/C18H20BrN5S/c1-2-16-21-18(25-22-16)24-10-4-9-23(11-12-24)15-7-8-20-17-13(15)5-3-6-14(17)19/h3,5-8H,2,4,9-12H2,1H3. The van der Waals surface area contributed by atoms with Crippen molar-refractivity contribution >= 4 is 49.2 Å². The summed E-state index contributed by atoms with van der Waals surface area (Å²) in [4.78, 5) is 14.0. The lowest BCUT2D eigenvalue weighted by molar-refractivity contribution is 0.802. The van der Waals surface area contributed by atoms with Gasteiger partial charge in [-0.3, -0.25) is 4.98 Å². The van der Waals surface area contributed by atoms with E-state index in [2.05, 4.69) is 65.2 Å². The van der Waals surface area contributed by atoms with Gasteiger partial charge in [-0.05, 0) is 34.5 Å². The van der Waals surface area contributed by atoms with E-state index in [0.717, 1.165) is 60.0 Å². The summed E-state index contributed by atoms with van der Waals surface area (Å²) in [5.74, 6) is 0.950. The van der Waals surface area contributed by atoms with Crippen LogP contribution in [0.4, 0.5) is 10.8 Å². The summed E-state index contributed by atoms with van der Waals surface area (Å²) in [6, 6.07) is 8.41. The van der Waals surface area contributed by atoms with Crippen molar-refractivity contribution < 1.29 is 0 Å². The minimum Gasteiger partial charge on any atom is -0.369 e. The number of aryl methyl sites for hydroxylation is 1. The molecule has 1 aromatic carbocycles. The van der Waals surface area contributed by atoms with Gasteiger partial charge in [0.15, 0.2) is 0 Å². The average molecular weight is 418 g/mol. The van der Waals surface area contributed by atoms with E-state index < -0.39 is 0 Å². The summed E-state index contributed by atoms with van der Waals surface area (Å²) in [6.07, 6.45) is 3.91. The molecule has 0 radical (unpaired) electrons. The van der Waals surface area contributed by atoms with E-state index >= 15 is 0 Å². The predicted octanol–water partition coefficient (Wildman–Crippen LogP) is 4.13. The second-order valence-electron chi connectivity index (χ2n) is 6.14. The molecule has 0 unspecified atom stereocenters. The van der Waals surface area contributed by atoms with Crippen molar-refractivity contribution in [3.8, 4) is 0 Å². The van der Waals surface area contributed by atoms with Crippen LogP contribution in [0.2, 0.25) is 0 Å². The van der Waals surface area contributed by atoms with Crippen molar-refractivity contribution in [2.75, 3.05) is 36.0 Å². The molecular formula is C18H20BrN5S. The van der Waals surface area contributed by atoms with Crippen molar-refractivity contribution in [3.63, 3.8) is 0 Å². The first-order chi connectivity index (χ1) is 12.3. The fourth-order valence-corrected chi connectivity index (χ4v) is 4.54. The van der Waals surface area contributed by atoms with Crippen LogP contribution in [0, 0.1) is 0 Å². The van der Waals surface area contributed by atoms with Gasteiger partial charge in [-0.1, -0.05) is 19.1 Å². The molecule has 4 rings (SSSR count). The Labute approximate surface area is 160 Å². The fourth-order valence-electron chi connectivity index (χ4n) is 3.27. The number of para-hydroxylation sites is 1. The molecule has 0 N–H and O–H groups in total. The summed E-state index contributed by atoms with van der Waals surface area (Å²) in [5, 5.41) is 2.26. The first kappa shape index (κ1) is 16.7. The summed E-state index contributed by atoms with van der Waals surface area (Å²) in [6.45, 7) is 6.12. The zero-order valence-corrected chi connectivity index (χ0v) is 16.6. The molecule has 5 nitrogen and oxygen atoms in total. The highest BCUT2D eigenvalue weighted by molar-refractivity contribution is 9.10. The molecule has 2 aromatic heterocycles. The second kappa shape index (κ2) is 7.25.